The molecular formula is C13H19NO5S. The summed E-state index contributed by atoms with van der Waals surface area (Å²) >= 11 is 0. The molecule has 1 aromatic rings. The molecule has 0 spiro atoms. The van der Waals surface area contributed by atoms with Crippen LogP contribution in [0.5, 0.6) is 0 Å². The topological polar surface area (TPSA) is 98.1 Å². The predicted octanol–water partition coefficient (Wildman–Crippen LogP) is -0.144. The summed E-state index contributed by atoms with van der Waals surface area (Å²) in [5, 5.41) is 28.7. The zero-order chi connectivity index (χ0) is 14.9. The van der Waals surface area contributed by atoms with Crippen molar-refractivity contribution in [2.45, 2.75) is 36.6 Å². The zero-order valence-corrected chi connectivity index (χ0v) is 12.0. The van der Waals surface area contributed by atoms with Crippen LogP contribution in [0.15, 0.2) is 29.2 Å². The van der Waals surface area contributed by atoms with Gasteiger partial charge in [0.05, 0.1) is 23.2 Å². The first-order valence-corrected chi connectivity index (χ1v) is 7.94. The number of hydrogen-bond donors (Lipinski definition) is 3. The molecule has 0 aliphatic carbocycles. The summed E-state index contributed by atoms with van der Waals surface area (Å²) in [6.07, 6.45) is -2.34. The van der Waals surface area contributed by atoms with E-state index in [4.69, 9.17) is 0 Å². The molecule has 1 heterocycles. The predicted molar refractivity (Wildman–Crippen MR) is 72.5 cm³/mol. The Morgan fingerprint density at radius 3 is 2.45 bits per heavy atom. The quantitative estimate of drug-likeness (QED) is 0.719. The van der Waals surface area contributed by atoms with Crippen LogP contribution in [0.25, 0.3) is 0 Å². The minimum atomic E-state index is -3.77. The Morgan fingerprint density at radius 1 is 1.30 bits per heavy atom. The molecule has 1 fully saturated rings. The van der Waals surface area contributed by atoms with Gasteiger partial charge >= 0.3 is 0 Å². The molecule has 20 heavy (non-hydrogen) atoms. The van der Waals surface area contributed by atoms with Crippen LogP contribution in [0.3, 0.4) is 0 Å². The molecule has 0 radical (unpaired) electrons. The van der Waals surface area contributed by atoms with Gasteiger partial charge in [0.1, 0.15) is 0 Å². The van der Waals surface area contributed by atoms with Gasteiger partial charge in [-0.2, -0.15) is 4.31 Å². The van der Waals surface area contributed by atoms with Crippen molar-refractivity contribution in [1.82, 2.24) is 4.31 Å². The second-order valence-electron chi connectivity index (χ2n) is 4.95. The fourth-order valence-electron chi connectivity index (χ4n) is 2.20. The second-order valence-corrected chi connectivity index (χ2v) is 6.89. The average molecular weight is 301 g/mol. The highest BCUT2D eigenvalue weighted by Gasteiger charge is 2.37. The fraction of sp³-hybridized carbons (Fsp3) is 0.538. The van der Waals surface area contributed by atoms with Gasteiger partial charge in [-0.3, -0.25) is 0 Å². The number of aliphatic hydroxyl groups excluding tert-OH is 3. The van der Waals surface area contributed by atoms with Gasteiger partial charge in [0.2, 0.25) is 10.0 Å². The van der Waals surface area contributed by atoms with Crippen molar-refractivity contribution < 1.29 is 23.7 Å². The van der Waals surface area contributed by atoms with Crippen molar-refractivity contribution >= 4 is 10.0 Å². The summed E-state index contributed by atoms with van der Waals surface area (Å²) in [5.74, 6) is 0. The number of hydrogen-bond acceptors (Lipinski definition) is 5. The molecule has 0 saturated carbocycles. The molecule has 2 rings (SSSR count). The SMILES string of the molecule is CCC(O)c1cccc(S(=O)(=O)N2CC(O)C(O)C2)c1. The minimum absolute atomic E-state index is 0.0591. The Morgan fingerprint density at radius 2 is 1.90 bits per heavy atom. The first kappa shape index (κ1) is 15.4. The Labute approximate surface area is 118 Å². The van der Waals surface area contributed by atoms with E-state index in [-0.39, 0.29) is 18.0 Å². The number of rotatable bonds is 4. The number of β-amino-alcohol motifs (C(OH)–C–C–N with tert-alkyl or cyclic N) is 2. The highest BCUT2D eigenvalue weighted by Crippen LogP contribution is 2.24. The van der Waals surface area contributed by atoms with Crippen molar-refractivity contribution in [2.75, 3.05) is 13.1 Å². The number of benzene rings is 1. The standard InChI is InChI=1S/C13H19NO5S/c1-2-11(15)9-4-3-5-10(6-9)20(18,19)14-7-12(16)13(17)8-14/h3-6,11-13,15-17H,2,7-8H2,1H3. The van der Waals surface area contributed by atoms with Crippen molar-refractivity contribution in [1.29, 1.82) is 0 Å². The molecular weight excluding hydrogens is 282 g/mol. The van der Waals surface area contributed by atoms with Crippen LogP contribution in [0.4, 0.5) is 0 Å². The summed E-state index contributed by atoms with van der Waals surface area (Å²) in [7, 11) is -3.77. The largest absolute Gasteiger partial charge is 0.389 e. The van der Waals surface area contributed by atoms with E-state index in [1.165, 1.54) is 12.1 Å². The van der Waals surface area contributed by atoms with E-state index in [9.17, 15) is 23.7 Å². The number of sulfonamides is 1. The summed E-state index contributed by atoms with van der Waals surface area (Å²) < 4.78 is 25.9. The van der Waals surface area contributed by atoms with Crippen molar-refractivity contribution in [3.05, 3.63) is 29.8 Å². The molecule has 0 bridgehead atoms. The maximum absolute atomic E-state index is 12.4. The van der Waals surface area contributed by atoms with E-state index in [1.54, 1.807) is 19.1 Å². The lowest BCUT2D eigenvalue weighted by atomic mass is 10.1. The van der Waals surface area contributed by atoms with Crippen molar-refractivity contribution in [3.63, 3.8) is 0 Å². The Balaban J connectivity index is 2.31. The lowest BCUT2D eigenvalue weighted by Gasteiger charge is -2.17. The third-order valence-electron chi connectivity index (χ3n) is 3.49. The van der Waals surface area contributed by atoms with E-state index >= 15 is 0 Å². The van der Waals surface area contributed by atoms with Crippen molar-refractivity contribution in [2.24, 2.45) is 0 Å². The van der Waals surface area contributed by atoms with Crippen LogP contribution in [0.1, 0.15) is 25.0 Å². The first-order valence-electron chi connectivity index (χ1n) is 6.50. The van der Waals surface area contributed by atoms with Gasteiger partial charge in [-0.15, -0.1) is 0 Å². The number of nitrogens with zero attached hydrogens (tertiary/aromatic N) is 1. The lowest BCUT2D eigenvalue weighted by molar-refractivity contribution is 0.0572. The molecule has 1 saturated heterocycles. The first-order chi connectivity index (χ1) is 9.36. The van der Waals surface area contributed by atoms with E-state index in [2.05, 4.69) is 0 Å². The molecule has 3 unspecified atom stereocenters. The molecule has 0 amide bonds. The molecule has 1 aromatic carbocycles. The minimum Gasteiger partial charge on any atom is -0.389 e. The molecule has 6 nitrogen and oxygen atoms in total. The van der Waals surface area contributed by atoms with E-state index in [0.29, 0.717) is 12.0 Å². The van der Waals surface area contributed by atoms with Gasteiger partial charge in [-0.1, -0.05) is 19.1 Å². The maximum atomic E-state index is 12.4. The third-order valence-corrected chi connectivity index (χ3v) is 5.32. The van der Waals surface area contributed by atoms with Gasteiger partial charge in [0.15, 0.2) is 0 Å². The summed E-state index contributed by atoms with van der Waals surface area (Å²) in [5.41, 5.74) is 0.536. The Kier molecular flexibility index (Phi) is 4.46. The average Bonchev–Trinajstić information content (AvgIpc) is 2.78. The van der Waals surface area contributed by atoms with Crippen LogP contribution in [0.2, 0.25) is 0 Å². The Hall–Kier alpha value is -0.990. The van der Waals surface area contributed by atoms with Crippen molar-refractivity contribution in [3.8, 4) is 0 Å². The van der Waals surface area contributed by atoms with E-state index in [1.807, 2.05) is 0 Å². The maximum Gasteiger partial charge on any atom is 0.243 e. The molecule has 112 valence electrons. The fourth-order valence-corrected chi connectivity index (χ4v) is 3.73. The van der Waals surface area contributed by atoms with Crippen LogP contribution in [0, 0.1) is 0 Å². The highest BCUT2D eigenvalue weighted by atomic mass is 32.2. The summed E-state index contributed by atoms with van der Waals surface area (Å²) in [6, 6.07) is 6.11. The molecule has 3 atom stereocenters. The van der Waals surface area contributed by atoms with Gasteiger partial charge in [-0.05, 0) is 24.1 Å². The van der Waals surface area contributed by atoms with Gasteiger partial charge in [0.25, 0.3) is 0 Å². The van der Waals surface area contributed by atoms with Crippen LogP contribution < -0.4 is 0 Å². The van der Waals surface area contributed by atoms with E-state index < -0.39 is 28.3 Å². The highest BCUT2D eigenvalue weighted by molar-refractivity contribution is 7.89. The van der Waals surface area contributed by atoms with Gasteiger partial charge < -0.3 is 15.3 Å². The molecule has 1 aliphatic heterocycles. The second kappa shape index (κ2) is 5.79. The molecule has 7 heteroatoms. The number of aliphatic hydroxyl groups is 3. The van der Waals surface area contributed by atoms with Gasteiger partial charge in [0, 0.05) is 13.1 Å². The normalized spacial score (nSPS) is 25.8. The molecule has 0 aromatic heterocycles. The monoisotopic (exact) mass is 301 g/mol. The Bertz CT molecular complexity index is 564. The summed E-state index contributed by atoms with van der Waals surface area (Å²) in [6.45, 7) is 1.56. The van der Waals surface area contributed by atoms with Crippen LogP contribution >= 0.6 is 0 Å². The lowest BCUT2D eigenvalue weighted by Crippen LogP contribution is -2.30. The smallest absolute Gasteiger partial charge is 0.243 e. The molecule has 3 N–H and O–H groups in total. The van der Waals surface area contributed by atoms with Crippen LogP contribution in [-0.4, -0.2) is 53.3 Å². The molecule has 1 aliphatic rings. The zero-order valence-electron chi connectivity index (χ0n) is 11.2. The van der Waals surface area contributed by atoms with E-state index in [0.717, 1.165) is 4.31 Å². The summed E-state index contributed by atoms with van der Waals surface area (Å²) in [4.78, 5) is 0.0591. The van der Waals surface area contributed by atoms with Crippen LogP contribution in [-0.2, 0) is 10.0 Å². The van der Waals surface area contributed by atoms with Gasteiger partial charge in [-0.25, -0.2) is 8.42 Å². The third kappa shape index (κ3) is 2.87.